The van der Waals surface area contributed by atoms with Crippen LogP contribution in [-0.4, -0.2) is 39.4 Å². The smallest absolute Gasteiger partial charge is 0.342 e. The van der Waals surface area contributed by atoms with Crippen LogP contribution < -0.4 is 5.32 Å². The van der Waals surface area contributed by atoms with E-state index in [-0.39, 0.29) is 0 Å². The fraction of sp³-hybridized carbons (Fsp3) is 0.429. The number of carbonyl (C=O) groups excluding carboxylic acids is 2. The normalized spacial score (nSPS) is 23.2. The third kappa shape index (κ3) is 0.983. The molecule has 0 saturated carbocycles. The quantitative estimate of drug-likeness (QED) is 0.367. The molecule has 0 bridgehead atoms. The minimum atomic E-state index is -2.48. The van der Waals surface area contributed by atoms with Gasteiger partial charge in [0.1, 0.15) is 11.7 Å². The van der Waals surface area contributed by atoms with Crippen molar-refractivity contribution >= 4 is 23.6 Å². The highest BCUT2D eigenvalue weighted by atomic mass is 16.4. The first kappa shape index (κ1) is 10.2. The molecule has 1 atom stereocenters. The monoisotopic (exact) mass is 201 g/mol. The van der Waals surface area contributed by atoms with Crippen molar-refractivity contribution in [1.29, 1.82) is 0 Å². The fourth-order valence-electron chi connectivity index (χ4n) is 1.39. The van der Waals surface area contributed by atoms with Gasteiger partial charge in [0.05, 0.1) is 0 Å². The van der Waals surface area contributed by atoms with Crippen LogP contribution in [0, 0.1) is 5.92 Å². The SMILES string of the molecule is CC(=O)C1C(=O)NC1(C(=O)O)C(=O)O. The first-order valence-corrected chi connectivity index (χ1v) is 3.63. The molecule has 3 N–H and O–H groups in total. The third-order valence-corrected chi connectivity index (χ3v) is 2.10. The molecule has 7 heteroatoms. The number of amides is 1. The molecular formula is C7H7NO6. The minimum absolute atomic E-state index is 0.779. The molecular weight excluding hydrogens is 194 g/mol. The van der Waals surface area contributed by atoms with E-state index in [4.69, 9.17) is 10.2 Å². The molecule has 0 spiro atoms. The highest BCUT2D eigenvalue weighted by molar-refractivity contribution is 6.23. The lowest BCUT2D eigenvalue weighted by molar-refractivity contribution is -0.178. The van der Waals surface area contributed by atoms with Crippen LogP contribution in [0.4, 0.5) is 0 Å². The Morgan fingerprint density at radius 1 is 1.29 bits per heavy atom. The molecule has 1 heterocycles. The summed E-state index contributed by atoms with van der Waals surface area (Å²) in [5.74, 6) is -6.78. The van der Waals surface area contributed by atoms with Crippen LogP contribution in [0.5, 0.6) is 0 Å². The number of ketones is 1. The van der Waals surface area contributed by atoms with Gasteiger partial charge in [0.25, 0.3) is 5.54 Å². The van der Waals surface area contributed by atoms with Crippen molar-refractivity contribution in [2.75, 3.05) is 0 Å². The van der Waals surface area contributed by atoms with Crippen LogP contribution in [0.3, 0.4) is 0 Å². The second-order valence-electron chi connectivity index (χ2n) is 2.95. The molecule has 1 aliphatic heterocycles. The van der Waals surface area contributed by atoms with Crippen LogP contribution in [0.1, 0.15) is 6.92 Å². The molecule has 0 aromatic carbocycles. The van der Waals surface area contributed by atoms with Gasteiger partial charge in [-0.3, -0.25) is 9.59 Å². The Morgan fingerprint density at radius 2 is 1.71 bits per heavy atom. The Labute approximate surface area is 77.7 Å². The average Bonchev–Trinajstić information content (AvgIpc) is 1.96. The molecule has 14 heavy (non-hydrogen) atoms. The number of rotatable bonds is 3. The summed E-state index contributed by atoms with van der Waals surface area (Å²) >= 11 is 0. The lowest BCUT2D eigenvalue weighted by atomic mass is 9.73. The first-order valence-electron chi connectivity index (χ1n) is 3.63. The molecule has 0 aromatic heterocycles. The van der Waals surface area contributed by atoms with E-state index in [1.165, 1.54) is 0 Å². The van der Waals surface area contributed by atoms with Crippen molar-refractivity contribution in [3.63, 3.8) is 0 Å². The molecule has 1 unspecified atom stereocenters. The average molecular weight is 201 g/mol. The Bertz CT molecular complexity index is 324. The Kier molecular flexibility index (Phi) is 2.03. The largest absolute Gasteiger partial charge is 0.479 e. The van der Waals surface area contributed by atoms with Gasteiger partial charge in [0.2, 0.25) is 5.91 Å². The molecule has 1 fully saturated rings. The van der Waals surface area contributed by atoms with Crippen LogP contribution in [0.25, 0.3) is 0 Å². The first-order chi connectivity index (χ1) is 6.34. The maximum Gasteiger partial charge on any atom is 0.342 e. The number of carbonyl (C=O) groups is 4. The van der Waals surface area contributed by atoms with E-state index in [2.05, 4.69) is 0 Å². The van der Waals surface area contributed by atoms with Crippen molar-refractivity contribution < 1.29 is 29.4 Å². The zero-order chi connectivity index (χ0) is 11.1. The molecule has 1 amide bonds. The van der Waals surface area contributed by atoms with E-state index in [0.29, 0.717) is 0 Å². The van der Waals surface area contributed by atoms with Gasteiger partial charge in [-0.2, -0.15) is 0 Å². The van der Waals surface area contributed by atoms with Gasteiger partial charge in [-0.05, 0) is 6.92 Å². The second-order valence-corrected chi connectivity index (χ2v) is 2.95. The number of β-lactam (4-membered cyclic amide) rings is 1. The molecule has 1 aliphatic rings. The van der Waals surface area contributed by atoms with Gasteiger partial charge >= 0.3 is 11.9 Å². The molecule has 0 radical (unpaired) electrons. The highest BCUT2D eigenvalue weighted by Gasteiger charge is 2.67. The van der Waals surface area contributed by atoms with Crippen LogP contribution in [-0.2, 0) is 19.2 Å². The number of hydrogen-bond acceptors (Lipinski definition) is 4. The minimum Gasteiger partial charge on any atom is -0.479 e. The summed E-state index contributed by atoms with van der Waals surface area (Å²) in [5, 5.41) is 19.0. The molecule has 76 valence electrons. The molecule has 1 rings (SSSR count). The number of carboxylic acid groups (broad SMARTS) is 2. The zero-order valence-corrected chi connectivity index (χ0v) is 7.10. The Hall–Kier alpha value is -1.92. The van der Waals surface area contributed by atoms with Crippen LogP contribution in [0.15, 0.2) is 0 Å². The van der Waals surface area contributed by atoms with E-state index in [1.807, 2.05) is 0 Å². The predicted octanol–water partition coefficient (Wildman–Crippen LogP) is -1.77. The van der Waals surface area contributed by atoms with Crippen LogP contribution in [0.2, 0.25) is 0 Å². The summed E-state index contributed by atoms with van der Waals surface area (Å²) in [7, 11) is 0. The lowest BCUT2D eigenvalue weighted by Gasteiger charge is -2.40. The summed E-state index contributed by atoms with van der Waals surface area (Å²) in [6.45, 7) is 0.976. The third-order valence-electron chi connectivity index (χ3n) is 2.10. The van der Waals surface area contributed by atoms with E-state index in [0.717, 1.165) is 6.92 Å². The van der Waals surface area contributed by atoms with Crippen molar-refractivity contribution in [3.05, 3.63) is 0 Å². The fourth-order valence-corrected chi connectivity index (χ4v) is 1.39. The maximum atomic E-state index is 10.9. The summed E-state index contributed by atoms with van der Waals surface area (Å²) in [5.41, 5.74) is -2.48. The van der Waals surface area contributed by atoms with E-state index < -0.39 is 35.1 Å². The summed E-state index contributed by atoms with van der Waals surface area (Å²) < 4.78 is 0. The molecule has 0 aliphatic carbocycles. The van der Waals surface area contributed by atoms with Crippen molar-refractivity contribution in [2.45, 2.75) is 12.5 Å². The summed E-state index contributed by atoms with van der Waals surface area (Å²) in [4.78, 5) is 43.0. The number of hydrogen-bond donors (Lipinski definition) is 3. The number of carboxylic acids is 2. The molecule has 1 saturated heterocycles. The summed E-state index contributed by atoms with van der Waals surface area (Å²) in [6.07, 6.45) is 0. The van der Waals surface area contributed by atoms with Gasteiger partial charge in [-0.1, -0.05) is 0 Å². The number of nitrogens with one attached hydrogen (secondary N) is 1. The van der Waals surface area contributed by atoms with Crippen molar-refractivity contribution in [3.8, 4) is 0 Å². The van der Waals surface area contributed by atoms with Gasteiger partial charge < -0.3 is 15.5 Å². The van der Waals surface area contributed by atoms with E-state index in [1.54, 1.807) is 5.32 Å². The summed E-state index contributed by atoms with van der Waals surface area (Å²) in [6, 6.07) is 0. The standard InChI is InChI=1S/C7H7NO6/c1-2(9)3-4(10)8-7(3,5(11)12)6(13)14/h3H,1H3,(H,8,10)(H,11,12)(H,13,14). The number of Topliss-reactive ketones (excluding diaryl/α,β-unsaturated/α-hetero) is 1. The van der Waals surface area contributed by atoms with Crippen molar-refractivity contribution in [2.24, 2.45) is 5.92 Å². The second kappa shape index (κ2) is 2.79. The highest BCUT2D eigenvalue weighted by Crippen LogP contribution is 2.29. The van der Waals surface area contributed by atoms with Crippen molar-refractivity contribution in [1.82, 2.24) is 5.32 Å². The van der Waals surface area contributed by atoms with Gasteiger partial charge in [-0.25, -0.2) is 9.59 Å². The molecule has 0 aromatic rings. The zero-order valence-electron chi connectivity index (χ0n) is 7.10. The number of aliphatic carboxylic acids is 2. The van der Waals surface area contributed by atoms with E-state index >= 15 is 0 Å². The Balaban J connectivity index is 3.15. The maximum absolute atomic E-state index is 10.9. The Morgan fingerprint density at radius 3 is 1.86 bits per heavy atom. The van der Waals surface area contributed by atoms with Gasteiger partial charge in [-0.15, -0.1) is 0 Å². The van der Waals surface area contributed by atoms with Gasteiger partial charge in [0.15, 0.2) is 0 Å². The molecule has 7 nitrogen and oxygen atoms in total. The van der Waals surface area contributed by atoms with E-state index in [9.17, 15) is 19.2 Å². The predicted molar refractivity (Wildman–Crippen MR) is 40.3 cm³/mol. The van der Waals surface area contributed by atoms with Gasteiger partial charge in [0, 0.05) is 0 Å². The lowest BCUT2D eigenvalue weighted by Crippen LogP contribution is -2.78. The van der Waals surface area contributed by atoms with Crippen LogP contribution >= 0.6 is 0 Å². The topological polar surface area (TPSA) is 121 Å².